The third-order valence-corrected chi connectivity index (χ3v) is 11.5. The predicted molar refractivity (Wildman–Crippen MR) is 120 cm³/mol. The van der Waals surface area contributed by atoms with Crippen molar-refractivity contribution in [3.63, 3.8) is 0 Å². The molecule has 1 aliphatic carbocycles. The summed E-state index contributed by atoms with van der Waals surface area (Å²) >= 11 is 0. The summed E-state index contributed by atoms with van der Waals surface area (Å²) < 4.78 is 19.2. The zero-order valence-electron chi connectivity index (χ0n) is 18.4. The second kappa shape index (κ2) is 9.06. The molecule has 0 radical (unpaired) electrons. The van der Waals surface area contributed by atoms with Gasteiger partial charge in [0.15, 0.2) is 0 Å². The molecule has 2 aromatic rings. The molecule has 0 N–H and O–H groups in total. The number of hydrogen-bond donors (Lipinski definition) is 0. The van der Waals surface area contributed by atoms with Gasteiger partial charge in [0, 0.05) is 38.2 Å². The second-order valence-corrected chi connectivity index (χ2v) is 13.6. The van der Waals surface area contributed by atoms with Crippen LogP contribution in [-0.4, -0.2) is 33.7 Å². The molecule has 0 amide bonds. The summed E-state index contributed by atoms with van der Waals surface area (Å²) in [6.45, 7) is 13.5. The molecule has 2 aliphatic rings. The molecule has 1 heterocycles. The fourth-order valence-corrected chi connectivity index (χ4v) is 9.77. The number of benzene rings is 2. The van der Waals surface area contributed by atoms with Gasteiger partial charge in [0.05, 0.1) is 18.3 Å². The molecule has 5 heteroatoms. The summed E-state index contributed by atoms with van der Waals surface area (Å²) in [5.74, 6) is 0.155. The van der Waals surface area contributed by atoms with E-state index in [9.17, 15) is 0 Å². The van der Waals surface area contributed by atoms with Crippen molar-refractivity contribution in [2.45, 2.75) is 43.9 Å². The quantitative estimate of drug-likeness (QED) is 0.270. The average molecular weight is 646 g/mol. The normalized spacial score (nSPS) is 25.9. The van der Waals surface area contributed by atoms with Gasteiger partial charge in [-0.25, -0.2) is 6.61 Å². The Morgan fingerprint density at radius 1 is 1.07 bits per heavy atom. The first-order chi connectivity index (χ1) is 13.8. The summed E-state index contributed by atoms with van der Waals surface area (Å²) in [5.41, 5.74) is 0.693. The third kappa shape index (κ3) is 3.83. The van der Waals surface area contributed by atoms with E-state index in [1.807, 2.05) is 6.61 Å². The Labute approximate surface area is 205 Å². The molecule has 0 spiro atoms. The Bertz CT molecular complexity index is 825. The van der Waals surface area contributed by atoms with Crippen LogP contribution in [0, 0.1) is 43.6 Å². The van der Waals surface area contributed by atoms with E-state index in [1.54, 1.807) is 7.11 Å². The van der Waals surface area contributed by atoms with E-state index in [4.69, 9.17) is 13.9 Å². The molecular formula is C25H31O3SiU-. The van der Waals surface area contributed by atoms with Gasteiger partial charge in [-0.2, -0.15) is 0 Å². The van der Waals surface area contributed by atoms with Crippen LogP contribution >= 0.6 is 0 Å². The molecule has 30 heavy (non-hydrogen) atoms. The summed E-state index contributed by atoms with van der Waals surface area (Å²) in [4.78, 5) is 0. The van der Waals surface area contributed by atoms with Crippen LogP contribution in [0.5, 0.6) is 0 Å². The molecule has 1 saturated heterocycles. The van der Waals surface area contributed by atoms with Gasteiger partial charge in [0.25, 0.3) is 8.32 Å². The van der Waals surface area contributed by atoms with Crippen LogP contribution in [0.3, 0.4) is 0 Å². The Hall–Kier alpha value is -0.671. The monoisotopic (exact) mass is 645 g/mol. The summed E-state index contributed by atoms with van der Waals surface area (Å²) in [7, 11) is -0.845. The van der Waals surface area contributed by atoms with Crippen LogP contribution in [0.15, 0.2) is 72.8 Å². The van der Waals surface area contributed by atoms with E-state index < -0.39 is 13.9 Å². The van der Waals surface area contributed by atoms with Gasteiger partial charge in [0.1, 0.15) is 0 Å². The molecule has 1 saturated carbocycles. The van der Waals surface area contributed by atoms with Gasteiger partial charge < -0.3 is 13.9 Å². The van der Waals surface area contributed by atoms with E-state index in [1.165, 1.54) is 15.9 Å². The van der Waals surface area contributed by atoms with Gasteiger partial charge in [-0.3, -0.25) is 0 Å². The fourth-order valence-electron chi connectivity index (χ4n) is 5.15. The third-order valence-electron chi connectivity index (χ3n) is 6.50. The molecule has 3 nitrogen and oxygen atoms in total. The maximum Gasteiger partial charge on any atom is 0.261 e. The van der Waals surface area contributed by atoms with Crippen LogP contribution in [0.4, 0.5) is 0 Å². The zero-order chi connectivity index (χ0) is 20.7. The first kappa shape index (κ1) is 24.0. The summed E-state index contributed by atoms with van der Waals surface area (Å²) in [5, 5.41) is 2.49. The number of ether oxygens (including phenoxy) is 2. The number of fused-ring (bicyclic) bond motifs is 2. The van der Waals surface area contributed by atoms with Crippen LogP contribution in [0.2, 0.25) is 5.04 Å². The molecule has 1 aliphatic heterocycles. The maximum atomic E-state index is 7.12. The summed E-state index contributed by atoms with van der Waals surface area (Å²) in [6.07, 6.45) is 0.749. The van der Waals surface area contributed by atoms with Crippen LogP contribution < -0.4 is 10.4 Å². The van der Waals surface area contributed by atoms with Crippen molar-refractivity contribution in [3.8, 4) is 0 Å². The minimum Gasteiger partial charge on any atom is -0.543 e. The predicted octanol–water partition coefficient (Wildman–Crippen LogP) is 4.08. The molecule has 158 valence electrons. The Morgan fingerprint density at radius 2 is 1.60 bits per heavy atom. The minimum absolute atomic E-state index is 0. The number of rotatable bonds is 6. The second-order valence-electron chi connectivity index (χ2n) is 9.29. The SMILES string of the molecule is C=C1C[C@]2(CO[Si](c3ccccc3)(c3ccccc3)C(C)(C)C)O[CH-][C@H]1[C@@H]2OC.[U]. The van der Waals surface area contributed by atoms with E-state index in [2.05, 4.69) is 88.0 Å². The van der Waals surface area contributed by atoms with Crippen LogP contribution in [-0.2, 0) is 13.9 Å². The van der Waals surface area contributed by atoms with E-state index in [-0.39, 0.29) is 48.2 Å². The van der Waals surface area contributed by atoms with E-state index in [0.29, 0.717) is 6.61 Å². The van der Waals surface area contributed by atoms with Crippen molar-refractivity contribution in [3.05, 3.63) is 79.4 Å². The Kier molecular flexibility index (Phi) is 7.24. The van der Waals surface area contributed by atoms with Gasteiger partial charge >= 0.3 is 0 Å². The molecule has 2 bridgehead atoms. The van der Waals surface area contributed by atoms with Gasteiger partial charge in [-0.15, -0.1) is 6.58 Å². The molecular weight excluding hydrogens is 614 g/mol. The van der Waals surface area contributed by atoms with Crippen molar-refractivity contribution in [2.24, 2.45) is 5.92 Å². The van der Waals surface area contributed by atoms with Crippen molar-refractivity contribution in [2.75, 3.05) is 13.7 Å². The molecule has 4 rings (SSSR count). The minimum atomic E-state index is -2.61. The van der Waals surface area contributed by atoms with Crippen LogP contribution in [0.25, 0.3) is 0 Å². The molecule has 3 atom stereocenters. The van der Waals surface area contributed by atoms with Gasteiger partial charge in [0.2, 0.25) is 0 Å². The van der Waals surface area contributed by atoms with Crippen molar-refractivity contribution in [1.29, 1.82) is 0 Å². The maximum absolute atomic E-state index is 7.12. The van der Waals surface area contributed by atoms with Crippen molar-refractivity contribution >= 4 is 18.7 Å². The van der Waals surface area contributed by atoms with E-state index >= 15 is 0 Å². The molecule has 2 aromatic carbocycles. The zero-order valence-corrected chi connectivity index (χ0v) is 23.5. The largest absolute Gasteiger partial charge is 0.543 e. The number of hydrogen-bond acceptors (Lipinski definition) is 3. The first-order valence-corrected chi connectivity index (χ1v) is 12.2. The molecule has 0 aromatic heterocycles. The van der Waals surface area contributed by atoms with E-state index in [0.717, 1.165) is 6.42 Å². The fraction of sp³-hybridized carbons (Fsp3) is 0.400. The Balaban J connectivity index is 0.00000256. The van der Waals surface area contributed by atoms with Gasteiger partial charge in [-0.05, 0) is 21.8 Å². The molecule has 0 unspecified atom stereocenters. The Morgan fingerprint density at radius 3 is 2.03 bits per heavy atom. The molecule has 2 fully saturated rings. The smallest absolute Gasteiger partial charge is 0.261 e. The summed E-state index contributed by atoms with van der Waals surface area (Å²) in [6, 6.07) is 21.4. The number of methoxy groups -OCH3 is 1. The standard InChI is InChI=1S/C25H31O3Si.U/c1-19-16-25(23(26-5)22(19)17-27-25)18-28-29(24(2,3)4,20-12-8-6-9-13-20)21-14-10-7-11-15-21;/h6-15,17,22-23H,1,16,18H2,2-5H3;/q-1;/t22-,23+,25-;/m1./s1. The van der Waals surface area contributed by atoms with Crippen LogP contribution in [0.1, 0.15) is 27.2 Å². The van der Waals surface area contributed by atoms with Crippen molar-refractivity contribution < 1.29 is 45.0 Å². The first-order valence-electron chi connectivity index (χ1n) is 10.3. The van der Waals surface area contributed by atoms with Crippen molar-refractivity contribution in [1.82, 2.24) is 0 Å². The topological polar surface area (TPSA) is 27.7 Å². The average Bonchev–Trinajstić information content (AvgIpc) is 3.20. The van der Waals surface area contributed by atoms with Gasteiger partial charge in [-0.1, -0.05) is 92.9 Å².